The van der Waals surface area contributed by atoms with Gasteiger partial charge in [-0.1, -0.05) is 36.4 Å². The topological polar surface area (TPSA) is 197 Å². The molecule has 2 atom stereocenters. The zero-order chi connectivity index (χ0) is 49.7. The number of esters is 1. The van der Waals surface area contributed by atoms with Gasteiger partial charge in [0.2, 0.25) is 0 Å². The molecule has 2 unspecified atom stereocenters. The molecule has 0 aliphatic carbocycles. The SMILES string of the molecule is COC(=O)CC(c1csc(N2CCOCC2)n1)N1CCCN(c2c(C)ccc3cccnc23)CC1.Cc1ccc2cccnc2c1N1CCCN(C(CC(=O)O)c2csc(N3CCOCC3)n2)CC1.[NH-]O.[Na+]. The first-order chi connectivity index (χ1) is 34.7. The third-order valence-corrected chi connectivity index (χ3v) is 15.5. The maximum Gasteiger partial charge on any atom is 1.00 e. The predicted octanol–water partition coefficient (Wildman–Crippen LogP) is 4.65. The number of aryl methyl sites for hydroxylation is 2. The van der Waals surface area contributed by atoms with Gasteiger partial charge in [-0.2, -0.15) is 0 Å². The van der Waals surface area contributed by atoms with Gasteiger partial charge >= 0.3 is 41.5 Å². The normalized spacial score (nSPS) is 17.9. The van der Waals surface area contributed by atoms with Crippen LogP contribution in [0.25, 0.3) is 27.7 Å². The second-order valence-corrected chi connectivity index (χ2v) is 19.8. The molecule has 4 fully saturated rings. The number of thiazole rings is 2. The van der Waals surface area contributed by atoms with Crippen LogP contribution in [-0.2, 0) is 23.8 Å². The second kappa shape index (κ2) is 27.1. The first-order valence-electron chi connectivity index (χ1n) is 24.5. The van der Waals surface area contributed by atoms with Crippen molar-refractivity contribution in [2.45, 2.75) is 51.6 Å². The van der Waals surface area contributed by atoms with E-state index < -0.39 is 5.97 Å². The van der Waals surface area contributed by atoms with E-state index in [9.17, 15) is 14.7 Å². The molecule has 8 heterocycles. The van der Waals surface area contributed by atoms with Crippen LogP contribution in [0.4, 0.5) is 21.6 Å². The number of carboxylic acid groups (broad SMARTS) is 1. The van der Waals surface area contributed by atoms with Crippen molar-refractivity contribution in [1.29, 1.82) is 0 Å². The Kier molecular flexibility index (Phi) is 20.8. The standard InChI is InChI=1S/C26H33N5O3S.C25H31N5O3S.H2NO.Na/c1-19-6-7-20-5-3-8-27-24(20)25(19)30-10-4-9-29(11-12-30)22(17-23(32)33-2)21-18-35-26(28-21)31-13-15-34-16-14-31;1-18-5-6-19-4-2-7-26-23(19)24(18)29-9-3-8-28(10-11-29)21(16-22(31)32)20-17-34-25(27-20)30-12-14-33-15-13-30;1-2;/h3,5-8,18,22H,4,9-17H2,1-2H3;2,4-7,17,21H,3,8-16H2,1H3,(H,31,32);1-2H;/q;;-1;+1. The first kappa shape index (κ1) is 55.2. The number of methoxy groups -OCH3 is 1. The van der Waals surface area contributed by atoms with E-state index in [1.807, 2.05) is 29.9 Å². The summed E-state index contributed by atoms with van der Waals surface area (Å²) < 4.78 is 16.0. The number of hydrogen-bond acceptors (Lipinski definition) is 18. The molecule has 72 heavy (non-hydrogen) atoms. The van der Waals surface area contributed by atoms with Gasteiger partial charge in [-0.25, -0.2) is 9.97 Å². The molecule has 10 rings (SSSR count). The summed E-state index contributed by atoms with van der Waals surface area (Å²) in [7, 11) is 1.46. The molecular formula is C51H66N11NaO7S2. The Morgan fingerprint density at radius 3 is 1.50 bits per heavy atom. The molecule has 3 N–H and O–H groups in total. The molecule has 4 aromatic heterocycles. The molecule has 6 aromatic rings. The van der Waals surface area contributed by atoms with Crippen LogP contribution in [0.3, 0.4) is 0 Å². The van der Waals surface area contributed by atoms with Crippen LogP contribution >= 0.6 is 22.7 Å². The van der Waals surface area contributed by atoms with Crippen molar-refractivity contribution in [3.05, 3.63) is 100 Å². The minimum absolute atomic E-state index is 0. The minimum Gasteiger partial charge on any atom is -0.553 e. The summed E-state index contributed by atoms with van der Waals surface area (Å²) in [6, 6.07) is 16.5. The van der Waals surface area contributed by atoms with Crippen LogP contribution in [0.15, 0.2) is 71.7 Å². The van der Waals surface area contributed by atoms with Crippen molar-refractivity contribution in [3.63, 3.8) is 0 Å². The van der Waals surface area contributed by atoms with Crippen LogP contribution in [0.2, 0.25) is 0 Å². The number of carbonyl (C=O) groups excluding carboxylic acids is 1. The van der Waals surface area contributed by atoms with Crippen LogP contribution in [0.1, 0.15) is 60.3 Å². The monoisotopic (exact) mass is 1030 g/mol. The number of anilines is 4. The Bertz CT molecular complexity index is 2680. The molecule has 0 radical (unpaired) electrons. The number of ether oxygens (including phenoxy) is 3. The summed E-state index contributed by atoms with van der Waals surface area (Å²) in [4.78, 5) is 57.5. The fourth-order valence-electron chi connectivity index (χ4n) is 10.1. The molecule has 4 aliphatic rings. The number of aromatic nitrogens is 4. The summed E-state index contributed by atoms with van der Waals surface area (Å²) in [5.41, 5.74) is 8.79. The van der Waals surface area contributed by atoms with Gasteiger partial charge in [-0.05, 0) is 49.9 Å². The maximum absolute atomic E-state index is 12.4. The number of nitrogens with zero attached hydrogens (tertiary/aromatic N) is 10. The molecule has 2 aromatic carbocycles. The Morgan fingerprint density at radius 1 is 0.625 bits per heavy atom. The molecule has 0 spiro atoms. The summed E-state index contributed by atoms with van der Waals surface area (Å²) in [6.07, 6.45) is 6.04. The van der Waals surface area contributed by atoms with E-state index in [1.54, 1.807) is 22.7 Å². The minimum atomic E-state index is -0.791. The van der Waals surface area contributed by atoms with E-state index in [2.05, 4.69) is 90.0 Å². The summed E-state index contributed by atoms with van der Waals surface area (Å²) in [5, 5.41) is 24.4. The number of morpholine rings is 2. The number of benzene rings is 2. The third-order valence-electron chi connectivity index (χ3n) is 13.7. The fourth-order valence-corrected chi connectivity index (χ4v) is 12.0. The molecular weight excluding hydrogens is 966 g/mol. The molecule has 380 valence electrons. The predicted molar refractivity (Wildman–Crippen MR) is 281 cm³/mol. The van der Waals surface area contributed by atoms with Crippen LogP contribution in [0, 0.1) is 13.8 Å². The van der Waals surface area contributed by atoms with Gasteiger partial charge in [-0.15, -0.1) is 22.7 Å². The van der Waals surface area contributed by atoms with E-state index in [4.69, 9.17) is 40.3 Å². The van der Waals surface area contributed by atoms with Crippen LogP contribution in [-0.4, -0.2) is 164 Å². The molecule has 0 bridgehead atoms. The zero-order valence-corrected chi connectivity index (χ0v) is 45.6. The zero-order valence-electron chi connectivity index (χ0n) is 41.9. The fraction of sp³-hybridized carbons (Fsp3) is 0.490. The Balaban J connectivity index is 0.000000202. The molecule has 0 amide bonds. The summed E-state index contributed by atoms with van der Waals surface area (Å²) >= 11 is 3.25. The molecule has 4 saturated heterocycles. The molecule has 18 nitrogen and oxygen atoms in total. The molecule has 0 saturated carbocycles. The number of carbonyl (C=O) groups is 2. The number of fused-ring (bicyclic) bond motifs is 2. The van der Waals surface area contributed by atoms with E-state index in [0.29, 0.717) is 19.6 Å². The summed E-state index contributed by atoms with van der Waals surface area (Å²) in [6.45, 7) is 17.5. The number of aliphatic carboxylic acids is 1. The van der Waals surface area contributed by atoms with Gasteiger partial charge in [0, 0.05) is 112 Å². The largest absolute Gasteiger partial charge is 1.00 e. The van der Waals surface area contributed by atoms with Gasteiger partial charge in [0.15, 0.2) is 10.3 Å². The Morgan fingerprint density at radius 2 is 1.07 bits per heavy atom. The van der Waals surface area contributed by atoms with E-state index in [-0.39, 0.29) is 54.0 Å². The number of pyridine rings is 2. The average molecular weight is 1030 g/mol. The van der Waals surface area contributed by atoms with Gasteiger partial charge in [0.1, 0.15) is 0 Å². The Labute approximate surface area is 451 Å². The molecule has 21 heteroatoms. The van der Waals surface area contributed by atoms with Crippen molar-refractivity contribution in [2.24, 2.45) is 0 Å². The van der Waals surface area contributed by atoms with Crippen molar-refractivity contribution >= 4 is 78.1 Å². The van der Waals surface area contributed by atoms with Gasteiger partial charge in [0.25, 0.3) is 0 Å². The van der Waals surface area contributed by atoms with Crippen molar-refractivity contribution in [1.82, 2.24) is 29.7 Å². The number of nitrogens with one attached hydrogen (secondary N) is 1. The number of rotatable bonds is 12. The van der Waals surface area contributed by atoms with Gasteiger partial charge < -0.3 is 50.0 Å². The average Bonchev–Trinajstić information content (AvgIpc) is 3.97. The van der Waals surface area contributed by atoms with E-state index in [1.165, 1.54) is 29.6 Å². The van der Waals surface area contributed by atoms with E-state index >= 15 is 0 Å². The third kappa shape index (κ3) is 13.6. The van der Waals surface area contributed by atoms with Gasteiger partial charge in [0.05, 0.1) is 92.3 Å². The second-order valence-electron chi connectivity index (χ2n) is 18.1. The van der Waals surface area contributed by atoms with Crippen LogP contribution in [0.5, 0.6) is 0 Å². The smallest absolute Gasteiger partial charge is 0.553 e. The van der Waals surface area contributed by atoms with Crippen molar-refractivity contribution in [2.75, 3.05) is 132 Å². The Hall–Kier alpha value is -4.58. The van der Waals surface area contributed by atoms with Gasteiger partial charge in [-0.3, -0.25) is 29.4 Å². The first-order valence-corrected chi connectivity index (χ1v) is 26.2. The number of hydrogen-bond donors (Lipinski definition) is 2. The van der Waals surface area contributed by atoms with Crippen LogP contribution < -0.4 is 49.2 Å². The number of carboxylic acids is 1. The summed E-state index contributed by atoms with van der Waals surface area (Å²) in [5.74, 6) is 3.76. The molecule has 4 aliphatic heterocycles. The van der Waals surface area contributed by atoms with E-state index in [0.717, 1.165) is 148 Å². The maximum atomic E-state index is 12.4. The van der Waals surface area contributed by atoms with Crippen molar-refractivity contribution < 1.29 is 63.7 Å². The quantitative estimate of drug-likeness (QED) is 0.0976. The van der Waals surface area contributed by atoms with Crippen molar-refractivity contribution in [3.8, 4) is 0 Å².